The predicted molar refractivity (Wildman–Crippen MR) is 84.4 cm³/mol. The molecule has 21 heavy (non-hydrogen) atoms. The number of benzene rings is 2. The van der Waals surface area contributed by atoms with E-state index in [0.717, 1.165) is 28.3 Å². The minimum Gasteiger partial charge on any atom is -0.481 e. The number of carboxylic acids is 1. The van der Waals surface area contributed by atoms with Crippen LogP contribution < -0.4 is 0 Å². The molecule has 0 aliphatic carbocycles. The molecule has 0 aliphatic heterocycles. The maximum absolute atomic E-state index is 10.9. The maximum atomic E-state index is 10.9. The van der Waals surface area contributed by atoms with E-state index in [2.05, 4.69) is 4.90 Å². The minimum atomic E-state index is -0.809. The van der Waals surface area contributed by atoms with Gasteiger partial charge in [-0.1, -0.05) is 54.1 Å². The molecule has 2 aromatic carbocycles. The van der Waals surface area contributed by atoms with Crippen molar-refractivity contribution in [3.63, 3.8) is 0 Å². The van der Waals surface area contributed by atoms with Gasteiger partial charge in [0, 0.05) is 18.1 Å². The highest BCUT2D eigenvalue weighted by Crippen LogP contribution is 2.18. The molecule has 0 fully saturated rings. The highest BCUT2D eigenvalue weighted by molar-refractivity contribution is 6.31. The quantitative estimate of drug-likeness (QED) is 0.886. The average Bonchev–Trinajstić information content (AvgIpc) is 2.43. The first-order chi connectivity index (χ1) is 10.1. The molecule has 0 aromatic heterocycles. The Bertz CT molecular complexity index is 628. The van der Waals surface area contributed by atoms with Crippen molar-refractivity contribution in [2.75, 3.05) is 7.05 Å². The summed E-state index contributed by atoms with van der Waals surface area (Å²) in [4.78, 5) is 13.0. The van der Waals surface area contributed by atoms with Crippen LogP contribution in [-0.4, -0.2) is 23.0 Å². The SMILES string of the molecule is CN(Cc1ccccc1Cl)Cc1ccccc1CC(=O)O. The lowest BCUT2D eigenvalue weighted by Crippen LogP contribution is -2.19. The van der Waals surface area contributed by atoms with Gasteiger partial charge in [-0.15, -0.1) is 0 Å². The normalized spacial score (nSPS) is 10.8. The van der Waals surface area contributed by atoms with Crippen molar-refractivity contribution in [3.05, 3.63) is 70.2 Å². The highest BCUT2D eigenvalue weighted by atomic mass is 35.5. The van der Waals surface area contributed by atoms with Gasteiger partial charge in [0.2, 0.25) is 0 Å². The Kier molecular flexibility index (Phi) is 5.37. The van der Waals surface area contributed by atoms with Crippen LogP contribution >= 0.6 is 11.6 Å². The van der Waals surface area contributed by atoms with E-state index in [0.29, 0.717) is 6.54 Å². The van der Waals surface area contributed by atoms with Crippen molar-refractivity contribution in [2.24, 2.45) is 0 Å². The Hall–Kier alpha value is -1.84. The van der Waals surface area contributed by atoms with Crippen LogP contribution in [0, 0.1) is 0 Å². The van der Waals surface area contributed by atoms with Gasteiger partial charge in [0.1, 0.15) is 0 Å². The molecule has 0 saturated carbocycles. The van der Waals surface area contributed by atoms with Gasteiger partial charge in [0.25, 0.3) is 0 Å². The van der Waals surface area contributed by atoms with Crippen LogP contribution in [0.15, 0.2) is 48.5 Å². The van der Waals surface area contributed by atoms with E-state index >= 15 is 0 Å². The molecular formula is C17H18ClNO2. The van der Waals surface area contributed by atoms with Crippen LogP contribution in [0.4, 0.5) is 0 Å². The minimum absolute atomic E-state index is 0.0517. The summed E-state index contributed by atoms with van der Waals surface area (Å²) < 4.78 is 0. The molecule has 1 N–H and O–H groups in total. The fourth-order valence-corrected chi connectivity index (χ4v) is 2.51. The smallest absolute Gasteiger partial charge is 0.307 e. The van der Waals surface area contributed by atoms with E-state index in [4.69, 9.17) is 16.7 Å². The van der Waals surface area contributed by atoms with Crippen molar-refractivity contribution in [2.45, 2.75) is 19.5 Å². The van der Waals surface area contributed by atoms with E-state index in [9.17, 15) is 4.79 Å². The molecule has 0 bridgehead atoms. The zero-order chi connectivity index (χ0) is 15.2. The van der Waals surface area contributed by atoms with Gasteiger partial charge in [-0.25, -0.2) is 0 Å². The van der Waals surface area contributed by atoms with E-state index < -0.39 is 5.97 Å². The molecule has 4 heteroatoms. The first kappa shape index (κ1) is 15.5. The molecule has 0 heterocycles. The number of aliphatic carboxylic acids is 1. The summed E-state index contributed by atoms with van der Waals surface area (Å²) in [5, 5.41) is 9.72. The van der Waals surface area contributed by atoms with Crippen molar-refractivity contribution in [1.82, 2.24) is 4.90 Å². The molecule has 0 amide bonds. The van der Waals surface area contributed by atoms with Crippen molar-refractivity contribution >= 4 is 17.6 Å². The van der Waals surface area contributed by atoms with Gasteiger partial charge in [0.05, 0.1) is 6.42 Å². The van der Waals surface area contributed by atoms with Crippen molar-refractivity contribution in [3.8, 4) is 0 Å². The fourth-order valence-electron chi connectivity index (χ4n) is 2.31. The van der Waals surface area contributed by atoms with Crippen molar-refractivity contribution in [1.29, 1.82) is 0 Å². The lowest BCUT2D eigenvalue weighted by atomic mass is 10.0. The van der Waals surface area contributed by atoms with Crippen LogP contribution in [-0.2, 0) is 24.3 Å². The number of nitrogens with zero attached hydrogens (tertiary/aromatic N) is 1. The summed E-state index contributed by atoms with van der Waals surface area (Å²) in [7, 11) is 2.00. The molecule has 0 saturated heterocycles. The molecule has 0 spiro atoms. The summed E-state index contributed by atoms with van der Waals surface area (Å²) in [6.45, 7) is 1.41. The van der Waals surface area contributed by atoms with Gasteiger partial charge < -0.3 is 5.11 Å². The van der Waals surface area contributed by atoms with Gasteiger partial charge >= 0.3 is 5.97 Å². The predicted octanol–water partition coefficient (Wildman–Crippen LogP) is 3.60. The summed E-state index contributed by atoms with van der Waals surface area (Å²) in [5.41, 5.74) is 2.96. The number of hydrogen-bond acceptors (Lipinski definition) is 2. The van der Waals surface area contributed by atoms with Crippen LogP contribution in [0.2, 0.25) is 5.02 Å². The van der Waals surface area contributed by atoms with Gasteiger partial charge in [-0.05, 0) is 29.8 Å². The third-order valence-electron chi connectivity index (χ3n) is 3.30. The standard InChI is InChI=1S/C17H18ClNO2/c1-19(12-15-8-4-5-9-16(15)18)11-14-7-3-2-6-13(14)10-17(20)21/h2-9H,10-12H2,1H3,(H,20,21). The molecule has 2 rings (SSSR count). The van der Waals surface area contributed by atoms with Crippen LogP contribution in [0.3, 0.4) is 0 Å². The first-order valence-corrected chi connectivity index (χ1v) is 7.14. The first-order valence-electron chi connectivity index (χ1n) is 6.77. The lowest BCUT2D eigenvalue weighted by Gasteiger charge is -2.19. The van der Waals surface area contributed by atoms with Crippen molar-refractivity contribution < 1.29 is 9.90 Å². The van der Waals surface area contributed by atoms with E-state index in [1.54, 1.807) is 0 Å². The second-order valence-corrected chi connectivity index (χ2v) is 5.51. The zero-order valence-electron chi connectivity index (χ0n) is 11.9. The highest BCUT2D eigenvalue weighted by Gasteiger charge is 2.09. The average molecular weight is 304 g/mol. The van der Waals surface area contributed by atoms with Crippen LogP contribution in [0.25, 0.3) is 0 Å². The van der Waals surface area contributed by atoms with Crippen LogP contribution in [0.5, 0.6) is 0 Å². The number of carbonyl (C=O) groups is 1. The largest absolute Gasteiger partial charge is 0.481 e. The summed E-state index contributed by atoms with van der Waals surface area (Å²) >= 11 is 6.17. The van der Waals surface area contributed by atoms with Gasteiger partial charge in [-0.2, -0.15) is 0 Å². The number of carboxylic acid groups (broad SMARTS) is 1. The van der Waals surface area contributed by atoms with E-state index in [-0.39, 0.29) is 6.42 Å². The summed E-state index contributed by atoms with van der Waals surface area (Å²) in [6.07, 6.45) is 0.0517. The summed E-state index contributed by atoms with van der Waals surface area (Å²) in [5.74, 6) is -0.809. The van der Waals surface area contributed by atoms with E-state index in [1.165, 1.54) is 0 Å². The fraction of sp³-hybridized carbons (Fsp3) is 0.235. The molecule has 0 unspecified atom stereocenters. The number of halogens is 1. The third-order valence-corrected chi connectivity index (χ3v) is 3.67. The molecule has 2 aromatic rings. The molecule has 0 radical (unpaired) electrons. The lowest BCUT2D eigenvalue weighted by molar-refractivity contribution is -0.136. The van der Waals surface area contributed by atoms with Gasteiger partial charge in [-0.3, -0.25) is 9.69 Å². The second-order valence-electron chi connectivity index (χ2n) is 5.10. The Balaban J connectivity index is 2.08. The molecule has 0 aliphatic rings. The summed E-state index contributed by atoms with van der Waals surface area (Å²) in [6, 6.07) is 15.4. The Morgan fingerprint density at radius 2 is 1.52 bits per heavy atom. The van der Waals surface area contributed by atoms with E-state index in [1.807, 2.05) is 55.6 Å². The van der Waals surface area contributed by atoms with Crippen LogP contribution in [0.1, 0.15) is 16.7 Å². The molecule has 110 valence electrons. The molecular weight excluding hydrogens is 286 g/mol. The Labute approximate surface area is 129 Å². The monoisotopic (exact) mass is 303 g/mol. The Morgan fingerprint density at radius 3 is 2.14 bits per heavy atom. The maximum Gasteiger partial charge on any atom is 0.307 e. The second kappa shape index (κ2) is 7.25. The number of rotatable bonds is 6. The zero-order valence-corrected chi connectivity index (χ0v) is 12.7. The molecule has 0 atom stereocenters. The third kappa shape index (κ3) is 4.59. The Morgan fingerprint density at radius 1 is 1.00 bits per heavy atom. The molecule has 3 nitrogen and oxygen atoms in total. The topological polar surface area (TPSA) is 40.5 Å². The van der Waals surface area contributed by atoms with Gasteiger partial charge in [0.15, 0.2) is 0 Å². The number of hydrogen-bond donors (Lipinski definition) is 1.